The Morgan fingerprint density at radius 2 is 2.05 bits per heavy atom. The van der Waals surface area contributed by atoms with E-state index in [2.05, 4.69) is 30.4 Å². The maximum atomic E-state index is 5.90. The third-order valence-electron chi connectivity index (χ3n) is 3.72. The minimum Gasteiger partial charge on any atom is -0.493 e. The largest absolute Gasteiger partial charge is 0.493 e. The zero-order valence-electron chi connectivity index (χ0n) is 12.3. The van der Waals surface area contributed by atoms with Crippen molar-refractivity contribution in [1.29, 1.82) is 0 Å². The summed E-state index contributed by atoms with van der Waals surface area (Å²) in [4.78, 5) is 0. The maximum absolute atomic E-state index is 5.90. The summed E-state index contributed by atoms with van der Waals surface area (Å²) >= 11 is 0. The molecular formula is C18H21NO2. The van der Waals surface area contributed by atoms with Gasteiger partial charge in [-0.3, -0.25) is 0 Å². The Hall–Kier alpha value is -2.00. The van der Waals surface area contributed by atoms with Gasteiger partial charge >= 0.3 is 0 Å². The molecule has 0 spiro atoms. The molecule has 2 aromatic rings. The number of rotatable bonds is 5. The van der Waals surface area contributed by atoms with Gasteiger partial charge < -0.3 is 14.8 Å². The van der Waals surface area contributed by atoms with Gasteiger partial charge in [-0.2, -0.15) is 0 Å². The molecule has 1 unspecified atom stereocenters. The first kappa shape index (κ1) is 14.0. The van der Waals surface area contributed by atoms with E-state index in [0.717, 1.165) is 31.1 Å². The van der Waals surface area contributed by atoms with Crippen LogP contribution in [-0.4, -0.2) is 13.2 Å². The highest BCUT2D eigenvalue weighted by Gasteiger charge is 2.21. The first-order valence-corrected chi connectivity index (χ1v) is 7.53. The SMILES string of the molecule is CCNC1CCOc2ccc(OCc3ccccc3)cc21. The van der Waals surface area contributed by atoms with Crippen molar-refractivity contribution in [2.45, 2.75) is 26.0 Å². The fraction of sp³-hybridized carbons (Fsp3) is 0.333. The molecule has 3 rings (SSSR count). The number of benzene rings is 2. The lowest BCUT2D eigenvalue weighted by molar-refractivity contribution is 0.251. The molecule has 1 heterocycles. The Labute approximate surface area is 125 Å². The van der Waals surface area contributed by atoms with E-state index in [1.807, 2.05) is 30.3 Å². The summed E-state index contributed by atoms with van der Waals surface area (Å²) in [5.41, 5.74) is 2.38. The van der Waals surface area contributed by atoms with E-state index in [0.29, 0.717) is 12.6 Å². The first-order chi connectivity index (χ1) is 10.4. The third-order valence-corrected chi connectivity index (χ3v) is 3.72. The topological polar surface area (TPSA) is 30.5 Å². The maximum Gasteiger partial charge on any atom is 0.124 e. The highest BCUT2D eigenvalue weighted by Crippen LogP contribution is 2.34. The summed E-state index contributed by atoms with van der Waals surface area (Å²) in [7, 11) is 0. The standard InChI is InChI=1S/C18H21NO2/c1-2-19-17-10-11-20-18-9-8-15(12-16(17)18)21-13-14-6-4-3-5-7-14/h3-9,12,17,19H,2,10-11,13H2,1H3. The summed E-state index contributed by atoms with van der Waals surface area (Å²) < 4.78 is 11.6. The van der Waals surface area contributed by atoms with E-state index in [9.17, 15) is 0 Å². The van der Waals surface area contributed by atoms with Crippen LogP contribution in [0.25, 0.3) is 0 Å². The van der Waals surface area contributed by atoms with E-state index in [1.165, 1.54) is 11.1 Å². The van der Waals surface area contributed by atoms with Crippen molar-refractivity contribution in [3.05, 3.63) is 59.7 Å². The molecule has 0 saturated heterocycles. The average molecular weight is 283 g/mol. The van der Waals surface area contributed by atoms with Gasteiger partial charge in [-0.25, -0.2) is 0 Å². The van der Waals surface area contributed by atoms with E-state index in [-0.39, 0.29) is 0 Å². The van der Waals surface area contributed by atoms with E-state index in [4.69, 9.17) is 9.47 Å². The van der Waals surface area contributed by atoms with Gasteiger partial charge in [0.2, 0.25) is 0 Å². The molecule has 1 atom stereocenters. The Morgan fingerprint density at radius 3 is 2.86 bits per heavy atom. The van der Waals surface area contributed by atoms with E-state index >= 15 is 0 Å². The molecule has 21 heavy (non-hydrogen) atoms. The molecule has 110 valence electrons. The lowest BCUT2D eigenvalue weighted by atomic mass is 10.0. The molecule has 0 fully saturated rings. The third kappa shape index (κ3) is 3.37. The number of ether oxygens (including phenoxy) is 2. The fourth-order valence-corrected chi connectivity index (χ4v) is 2.66. The Balaban J connectivity index is 1.73. The van der Waals surface area contributed by atoms with Gasteiger partial charge in [-0.15, -0.1) is 0 Å². The van der Waals surface area contributed by atoms with E-state index in [1.54, 1.807) is 0 Å². The van der Waals surface area contributed by atoms with Crippen molar-refractivity contribution in [3.8, 4) is 11.5 Å². The van der Waals surface area contributed by atoms with Gasteiger partial charge in [-0.1, -0.05) is 37.3 Å². The van der Waals surface area contributed by atoms with Crippen molar-refractivity contribution in [2.24, 2.45) is 0 Å². The Kier molecular flexibility index (Phi) is 4.41. The van der Waals surface area contributed by atoms with Crippen molar-refractivity contribution in [3.63, 3.8) is 0 Å². The van der Waals surface area contributed by atoms with Crippen molar-refractivity contribution >= 4 is 0 Å². The summed E-state index contributed by atoms with van der Waals surface area (Å²) in [5, 5.41) is 3.51. The molecule has 0 saturated carbocycles. The molecule has 0 aromatic heterocycles. The Bertz CT molecular complexity index is 583. The molecule has 1 N–H and O–H groups in total. The molecule has 3 nitrogen and oxygen atoms in total. The molecule has 2 aromatic carbocycles. The predicted molar refractivity (Wildman–Crippen MR) is 83.7 cm³/mol. The summed E-state index contributed by atoms with van der Waals surface area (Å²) in [6.07, 6.45) is 1.00. The lowest BCUT2D eigenvalue weighted by Crippen LogP contribution is -2.26. The van der Waals surface area contributed by atoms with Gasteiger partial charge in [0.05, 0.1) is 6.61 Å². The van der Waals surface area contributed by atoms with Gasteiger partial charge in [-0.05, 0) is 30.3 Å². The van der Waals surface area contributed by atoms with E-state index < -0.39 is 0 Å². The zero-order chi connectivity index (χ0) is 14.5. The van der Waals surface area contributed by atoms with Crippen LogP contribution in [0, 0.1) is 0 Å². The monoisotopic (exact) mass is 283 g/mol. The second kappa shape index (κ2) is 6.64. The molecule has 1 aliphatic rings. The van der Waals surface area contributed by atoms with Gasteiger partial charge in [0.25, 0.3) is 0 Å². The number of hydrogen-bond acceptors (Lipinski definition) is 3. The number of fused-ring (bicyclic) bond motifs is 1. The molecule has 1 aliphatic heterocycles. The van der Waals surface area contributed by atoms with Crippen LogP contribution in [0.5, 0.6) is 11.5 Å². The zero-order valence-corrected chi connectivity index (χ0v) is 12.3. The average Bonchev–Trinajstić information content (AvgIpc) is 2.54. The summed E-state index contributed by atoms with van der Waals surface area (Å²) in [6, 6.07) is 16.7. The van der Waals surface area contributed by atoms with Gasteiger partial charge in [0.15, 0.2) is 0 Å². The van der Waals surface area contributed by atoms with Crippen LogP contribution < -0.4 is 14.8 Å². The predicted octanol–water partition coefficient (Wildman–Crippen LogP) is 3.70. The van der Waals surface area contributed by atoms with Crippen molar-refractivity contribution in [1.82, 2.24) is 5.32 Å². The van der Waals surface area contributed by atoms with Crippen molar-refractivity contribution < 1.29 is 9.47 Å². The smallest absolute Gasteiger partial charge is 0.124 e. The van der Waals surface area contributed by atoms with Crippen LogP contribution in [-0.2, 0) is 6.61 Å². The molecule has 0 bridgehead atoms. The summed E-state index contributed by atoms with van der Waals surface area (Å²) in [6.45, 7) is 4.45. The molecule has 0 radical (unpaired) electrons. The molecule has 3 heteroatoms. The van der Waals surface area contributed by atoms with Crippen LogP contribution in [0.15, 0.2) is 48.5 Å². The van der Waals surface area contributed by atoms with Crippen LogP contribution in [0.4, 0.5) is 0 Å². The second-order valence-corrected chi connectivity index (χ2v) is 5.22. The summed E-state index contributed by atoms with van der Waals surface area (Å²) in [5.74, 6) is 1.87. The van der Waals surface area contributed by atoms with Crippen LogP contribution in [0.1, 0.15) is 30.5 Å². The minimum atomic E-state index is 0.360. The lowest BCUT2D eigenvalue weighted by Gasteiger charge is -2.27. The normalized spacial score (nSPS) is 16.9. The second-order valence-electron chi connectivity index (χ2n) is 5.22. The fourth-order valence-electron chi connectivity index (χ4n) is 2.66. The van der Waals surface area contributed by atoms with Crippen molar-refractivity contribution in [2.75, 3.05) is 13.2 Å². The molecule has 0 aliphatic carbocycles. The first-order valence-electron chi connectivity index (χ1n) is 7.53. The molecular weight excluding hydrogens is 262 g/mol. The highest BCUT2D eigenvalue weighted by molar-refractivity contribution is 5.43. The quantitative estimate of drug-likeness (QED) is 0.907. The number of nitrogens with one attached hydrogen (secondary N) is 1. The van der Waals surface area contributed by atoms with Gasteiger partial charge in [0.1, 0.15) is 18.1 Å². The number of hydrogen-bond donors (Lipinski definition) is 1. The van der Waals surface area contributed by atoms with Crippen LogP contribution in [0.3, 0.4) is 0 Å². The molecule has 0 amide bonds. The van der Waals surface area contributed by atoms with Gasteiger partial charge in [0, 0.05) is 18.0 Å². The Morgan fingerprint density at radius 1 is 1.19 bits per heavy atom. The minimum absolute atomic E-state index is 0.360. The highest BCUT2D eigenvalue weighted by atomic mass is 16.5. The van der Waals surface area contributed by atoms with Crippen LogP contribution >= 0.6 is 0 Å². The van der Waals surface area contributed by atoms with Crippen LogP contribution in [0.2, 0.25) is 0 Å².